The first-order chi connectivity index (χ1) is 11.1. The van der Waals surface area contributed by atoms with Gasteiger partial charge in [0, 0.05) is 13.0 Å². The first-order valence-electron chi connectivity index (χ1n) is 9.22. The van der Waals surface area contributed by atoms with Gasteiger partial charge in [-0.15, -0.1) is 0 Å². The zero-order chi connectivity index (χ0) is 17.3. The summed E-state index contributed by atoms with van der Waals surface area (Å²) >= 11 is 0. The Balaban J connectivity index is 3.28. The number of carboxylic acid groups (broad SMARTS) is 1. The van der Waals surface area contributed by atoms with E-state index in [9.17, 15) is 14.7 Å². The van der Waals surface area contributed by atoms with Crippen LogP contribution in [0.2, 0.25) is 0 Å². The highest BCUT2D eigenvalue weighted by Gasteiger charge is 2.10. The lowest BCUT2D eigenvalue weighted by atomic mass is 10.1. The minimum Gasteiger partial charge on any atom is -0.481 e. The molecule has 0 fully saturated rings. The molecule has 0 heterocycles. The largest absolute Gasteiger partial charge is 0.481 e. The Hall–Kier alpha value is -1.10. The Kier molecular flexibility index (Phi) is 15.0. The molecule has 3 N–H and O–H groups in total. The summed E-state index contributed by atoms with van der Waals surface area (Å²) in [7, 11) is 0. The zero-order valence-electron chi connectivity index (χ0n) is 14.7. The van der Waals surface area contributed by atoms with Gasteiger partial charge in [0.25, 0.3) is 0 Å². The van der Waals surface area contributed by atoms with Crippen LogP contribution < -0.4 is 5.32 Å². The van der Waals surface area contributed by atoms with Crippen LogP contribution in [-0.2, 0) is 9.59 Å². The molecule has 23 heavy (non-hydrogen) atoms. The number of carbonyl (C=O) groups excluding carboxylic acids is 1. The van der Waals surface area contributed by atoms with Crippen molar-refractivity contribution in [2.75, 3.05) is 6.54 Å². The molecule has 0 aliphatic rings. The molecule has 0 bridgehead atoms. The maximum Gasteiger partial charge on any atom is 0.306 e. The Morgan fingerprint density at radius 3 is 1.83 bits per heavy atom. The van der Waals surface area contributed by atoms with E-state index in [1.807, 2.05) is 0 Å². The van der Waals surface area contributed by atoms with Gasteiger partial charge >= 0.3 is 5.97 Å². The number of aliphatic hydroxyl groups excluding tert-OH is 1. The first-order valence-corrected chi connectivity index (χ1v) is 9.22. The van der Waals surface area contributed by atoms with Crippen molar-refractivity contribution >= 4 is 11.9 Å². The van der Waals surface area contributed by atoms with Crippen LogP contribution in [0.1, 0.15) is 90.4 Å². The number of carbonyl (C=O) groups is 2. The molecule has 1 amide bonds. The van der Waals surface area contributed by atoms with Crippen LogP contribution in [0.4, 0.5) is 0 Å². The molecule has 0 aromatic rings. The Morgan fingerprint density at radius 2 is 1.35 bits per heavy atom. The summed E-state index contributed by atoms with van der Waals surface area (Å²) in [6, 6.07) is 0. The van der Waals surface area contributed by atoms with E-state index in [2.05, 4.69) is 12.2 Å². The highest BCUT2D eigenvalue weighted by molar-refractivity contribution is 5.76. The normalized spacial score (nSPS) is 12.1. The minimum atomic E-state index is -1.06. The smallest absolute Gasteiger partial charge is 0.306 e. The van der Waals surface area contributed by atoms with E-state index in [-0.39, 0.29) is 18.9 Å². The van der Waals surface area contributed by atoms with Crippen molar-refractivity contribution < 1.29 is 19.8 Å². The number of nitrogens with one attached hydrogen (secondary N) is 1. The van der Waals surface area contributed by atoms with Gasteiger partial charge in [-0.25, -0.2) is 0 Å². The maximum absolute atomic E-state index is 11.5. The predicted octanol–water partition coefficient (Wildman–Crippen LogP) is 3.64. The van der Waals surface area contributed by atoms with Gasteiger partial charge < -0.3 is 15.5 Å². The minimum absolute atomic E-state index is 0.0170. The molecule has 0 radical (unpaired) electrons. The molecule has 5 heteroatoms. The number of carboxylic acids is 1. The Morgan fingerprint density at radius 1 is 0.870 bits per heavy atom. The topological polar surface area (TPSA) is 86.6 Å². The standard InChI is InChI=1S/C18H35NO4/c1-2-3-4-5-6-7-8-9-10-11-12-13-17(21)19-15-16(20)14-18(22)23/h16,20H,2-15H2,1H3,(H,19,21)(H,22,23). The fourth-order valence-corrected chi connectivity index (χ4v) is 2.54. The average molecular weight is 329 g/mol. The molecule has 0 saturated carbocycles. The molecule has 1 atom stereocenters. The number of hydrogen-bond acceptors (Lipinski definition) is 3. The fourth-order valence-electron chi connectivity index (χ4n) is 2.54. The van der Waals surface area contributed by atoms with Crippen molar-refractivity contribution in [2.24, 2.45) is 0 Å². The van der Waals surface area contributed by atoms with Gasteiger partial charge in [-0.05, 0) is 6.42 Å². The molecule has 0 aromatic heterocycles. The number of aliphatic hydroxyl groups is 1. The van der Waals surface area contributed by atoms with Crippen LogP contribution in [0.25, 0.3) is 0 Å². The lowest BCUT2D eigenvalue weighted by molar-refractivity contribution is -0.139. The van der Waals surface area contributed by atoms with E-state index in [0.29, 0.717) is 6.42 Å². The second-order valence-corrected chi connectivity index (χ2v) is 6.34. The predicted molar refractivity (Wildman–Crippen MR) is 92.3 cm³/mol. The zero-order valence-corrected chi connectivity index (χ0v) is 14.7. The third kappa shape index (κ3) is 17.1. The summed E-state index contributed by atoms with van der Waals surface area (Å²) in [4.78, 5) is 21.9. The molecule has 136 valence electrons. The van der Waals surface area contributed by atoms with Crippen molar-refractivity contribution in [1.82, 2.24) is 5.32 Å². The molecule has 1 unspecified atom stereocenters. The van der Waals surface area contributed by atoms with E-state index >= 15 is 0 Å². The number of hydrogen-bond donors (Lipinski definition) is 3. The average Bonchev–Trinajstić information content (AvgIpc) is 2.50. The van der Waals surface area contributed by atoms with Gasteiger partial charge in [0.2, 0.25) is 5.91 Å². The van der Waals surface area contributed by atoms with E-state index in [4.69, 9.17) is 5.11 Å². The first kappa shape index (κ1) is 21.9. The van der Waals surface area contributed by atoms with E-state index < -0.39 is 12.1 Å². The van der Waals surface area contributed by atoms with Crippen molar-refractivity contribution in [3.8, 4) is 0 Å². The summed E-state index contributed by atoms with van der Waals surface area (Å²) in [5, 5.41) is 20.4. The number of rotatable bonds is 16. The van der Waals surface area contributed by atoms with Crippen LogP contribution in [0.15, 0.2) is 0 Å². The van der Waals surface area contributed by atoms with E-state index in [0.717, 1.165) is 12.8 Å². The lowest BCUT2D eigenvalue weighted by Crippen LogP contribution is -2.33. The molecule has 0 aliphatic heterocycles. The van der Waals surface area contributed by atoms with Crippen LogP contribution in [0, 0.1) is 0 Å². The molecular formula is C18H35NO4. The van der Waals surface area contributed by atoms with Gasteiger partial charge in [0.15, 0.2) is 0 Å². The fraction of sp³-hybridized carbons (Fsp3) is 0.889. The molecule has 0 rings (SSSR count). The van der Waals surface area contributed by atoms with Crippen LogP contribution >= 0.6 is 0 Å². The SMILES string of the molecule is CCCCCCCCCCCCCC(=O)NCC(O)CC(=O)O. The summed E-state index contributed by atoms with van der Waals surface area (Å²) in [5.74, 6) is -1.16. The van der Waals surface area contributed by atoms with Crippen LogP contribution in [-0.4, -0.2) is 34.7 Å². The summed E-state index contributed by atoms with van der Waals surface area (Å²) < 4.78 is 0. The Bertz CT molecular complexity index is 307. The van der Waals surface area contributed by atoms with E-state index in [1.54, 1.807) is 0 Å². The summed E-state index contributed by atoms with van der Waals surface area (Å²) in [5.41, 5.74) is 0. The van der Waals surface area contributed by atoms with Crippen molar-refractivity contribution in [3.63, 3.8) is 0 Å². The molecular weight excluding hydrogens is 294 g/mol. The molecule has 5 nitrogen and oxygen atoms in total. The number of unbranched alkanes of at least 4 members (excludes halogenated alkanes) is 10. The van der Waals surface area contributed by atoms with Gasteiger partial charge in [-0.2, -0.15) is 0 Å². The van der Waals surface area contributed by atoms with Crippen molar-refractivity contribution in [1.29, 1.82) is 0 Å². The third-order valence-electron chi connectivity index (χ3n) is 3.95. The van der Waals surface area contributed by atoms with Crippen molar-refractivity contribution in [3.05, 3.63) is 0 Å². The highest BCUT2D eigenvalue weighted by Crippen LogP contribution is 2.11. The van der Waals surface area contributed by atoms with Crippen LogP contribution in [0.3, 0.4) is 0 Å². The van der Waals surface area contributed by atoms with Gasteiger partial charge in [-0.1, -0.05) is 71.1 Å². The molecule has 0 spiro atoms. The van der Waals surface area contributed by atoms with Crippen LogP contribution in [0.5, 0.6) is 0 Å². The third-order valence-corrected chi connectivity index (χ3v) is 3.95. The van der Waals surface area contributed by atoms with Crippen molar-refractivity contribution in [2.45, 2.75) is 96.5 Å². The Labute approximate surface area is 140 Å². The number of amides is 1. The quantitative estimate of drug-likeness (QED) is 0.377. The highest BCUT2D eigenvalue weighted by atomic mass is 16.4. The molecule has 0 saturated heterocycles. The van der Waals surface area contributed by atoms with Gasteiger partial charge in [0.05, 0.1) is 12.5 Å². The summed E-state index contributed by atoms with van der Waals surface area (Å²) in [6.45, 7) is 2.25. The van der Waals surface area contributed by atoms with Gasteiger partial charge in [0.1, 0.15) is 0 Å². The van der Waals surface area contributed by atoms with Gasteiger partial charge in [-0.3, -0.25) is 9.59 Å². The summed E-state index contributed by atoms with van der Waals surface area (Å²) in [6.07, 6.45) is 12.8. The monoisotopic (exact) mass is 329 g/mol. The lowest BCUT2D eigenvalue weighted by Gasteiger charge is -2.09. The second kappa shape index (κ2) is 15.8. The molecule has 0 aliphatic carbocycles. The second-order valence-electron chi connectivity index (χ2n) is 6.34. The van der Waals surface area contributed by atoms with E-state index in [1.165, 1.54) is 57.8 Å². The number of aliphatic carboxylic acids is 1. The maximum atomic E-state index is 11.5. The molecule has 0 aromatic carbocycles.